The lowest BCUT2D eigenvalue weighted by Gasteiger charge is -2.41. The highest BCUT2D eigenvalue weighted by Crippen LogP contribution is 2.59. The molecule has 31 heavy (non-hydrogen) atoms. The number of halogens is 1. The van der Waals surface area contributed by atoms with Crippen molar-refractivity contribution in [2.45, 2.75) is 65.8 Å². The first-order valence-electron chi connectivity index (χ1n) is 11.4. The van der Waals surface area contributed by atoms with E-state index in [1.54, 1.807) is 19.2 Å². The molecule has 1 saturated heterocycles. The fourth-order valence-electron chi connectivity index (χ4n) is 4.84. The second-order valence-corrected chi connectivity index (χ2v) is 7.88. The standard InChI is InChI=1S/C21H23FN2O3.2C2H6/c1-20-10-14-11-23-24(17-5-3-16(22)4-6-17)19(14)9-15(20)7-8-21(20)26-13-18(27-21)12-25-2;2*1-2/h3-6,9,11,18H,7-8,10,12-13H2,1-2H3;2*1-2H3/t18?,20-,21?;;/m0../s1. The minimum absolute atomic E-state index is 0.0190. The Kier molecular flexibility index (Phi) is 7.35. The Labute approximate surface area is 185 Å². The van der Waals surface area contributed by atoms with Crippen LogP contribution in [-0.2, 0) is 20.6 Å². The van der Waals surface area contributed by atoms with Crippen molar-refractivity contribution >= 4 is 6.08 Å². The van der Waals surface area contributed by atoms with E-state index in [9.17, 15) is 4.39 Å². The zero-order chi connectivity index (χ0) is 22.6. The van der Waals surface area contributed by atoms with Gasteiger partial charge in [-0.3, -0.25) is 0 Å². The number of methoxy groups -OCH3 is 1. The number of aromatic nitrogens is 2. The average Bonchev–Trinajstić information content (AvgIpc) is 3.47. The summed E-state index contributed by atoms with van der Waals surface area (Å²) in [6.45, 7) is 11.3. The largest absolute Gasteiger partial charge is 0.382 e. The molecule has 5 nitrogen and oxygen atoms in total. The number of hydrogen-bond donors (Lipinski definition) is 0. The summed E-state index contributed by atoms with van der Waals surface area (Å²) in [5.41, 5.74) is 4.21. The summed E-state index contributed by atoms with van der Waals surface area (Å²) in [7, 11) is 1.69. The first kappa shape index (κ1) is 23.6. The van der Waals surface area contributed by atoms with Crippen LogP contribution in [0.2, 0.25) is 0 Å². The van der Waals surface area contributed by atoms with Crippen molar-refractivity contribution in [2.75, 3.05) is 20.3 Å². The molecule has 2 aliphatic carbocycles. The fourth-order valence-corrected chi connectivity index (χ4v) is 4.84. The van der Waals surface area contributed by atoms with Crippen LogP contribution in [0.3, 0.4) is 0 Å². The first-order chi connectivity index (χ1) is 15.0. The van der Waals surface area contributed by atoms with E-state index >= 15 is 0 Å². The van der Waals surface area contributed by atoms with Gasteiger partial charge in [-0.1, -0.05) is 40.2 Å². The minimum Gasteiger partial charge on any atom is -0.382 e. The lowest BCUT2D eigenvalue weighted by atomic mass is 9.72. The Balaban J connectivity index is 0.000000645. The van der Waals surface area contributed by atoms with Crippen LogP contribution in [0.4, 0.5) is 4.39 Å². The molecule has 1 aromatic heterocycles. The number of ether oxygens (including phenoxy) is 3. The molecule has 1 aromatic carbocycles. The van der Waals surface area contributed by atoms with Gasteiger partial charge in [-0.2, -0.15) is 5.10 Å². The van der Waals surface area contributed by atoms with Gasteiger partial charge in [-0.05, 0) is 48.7 Å². The molecule has 3 aliphatic rings. The van der Waals surface area contributed by atoms with Crippen LogP contribution in [0.1, 0.15) is 58.7 Å². The zero-order valence-corrected chi connectivity index (χ0v) is 19.6. The predicted molar refractivity (Wildman–Crippen MR) is 121 cm³/mol. The molecule has 0 N–H and O–H groups in total. The highest BCUT2D eigenvalue weighted by molar-refractivity contribution is 5.62. The maximum Gasteiger partial charge on any atom is 0.178 e. The molecule has 3 atom stereocenters. The van der Waals surface area contributed by atoms with E-state index in [2.05, 4.69) is 18.1 Å². The quantitative estimate of drug-likeness (QED) is 0.639. The van der Waals surface area contributed by atoms with Crippen LogP contribution >= 0.6 is 0 Å². The van der Waals surface area contributed by atoms with Gasteiger partial charge in [0.25, 0.3) is 0 Å². The van der Waals surface area contributed by atoms with Crippen LogP contribution in [0.15, 0.2) is 36.0 Å². The molecule has 2 fully saturated rings. The smallest absolute Gasteiger partial charge is 0.178 e. The third-order valence-electron chi connectivity index (χ3n) is 6.30. The van der Waals surface area contributed by atoms with Crippen molar-refractivity contribution in [1.29, 1.82) is 0 Å². The van der Waals surface area contributed by atoms with E-state index < -0.39 is 5.79 Å². The van der Waals surface area contributed by atoms with Crippen molar-refractivity contribution in [1.82, 2.24) is 9.78 Å². The van der Waals surface area contributed by atoms with E-state index in [4.69, 9.17) is 14.2 Å². The van der Waals surface area contributed by atoms with Gasteiger partial charge >= 0.3 is 0 Å². The van der Waals surface area contributed by atoms with Gasteiger partial charge in [-0.25, -0.2) is 9.07 Å². The number of nitrogens with zero attached hydrogens (tertiary/aromatic N) is 2. The lowest BCUT2D eigenvalue weighted by molar-refractivity contribution is -0.220. The average molecular weight is 431 g/mol. The molecule has 1 spiro atoms. The van der Waals surface area contributed by atoms with Crippen molar-refractivity contribution in [2.24, 2.45) is 5.41 Å². The highest BCUT2D eigenvalue weighted by Gasteiger charge is 2.61. The summed E-state index contributed by atoms with van der Waals surface area (Å²) in [6, 6.07) is 6.43. The van der Waals surface area contributed by atoms with Crippen LogP contribution in [0, 0.1) is 11.2 Å². The van der Waals surface area contributed by atoms with Gasteiger partial charge in [0, 0.05) is 18.9 Å². The molecule has 2 aromatic rings. The summed E-state index contributed by atoms with van der Waals surface area (Å²) < 4.78 is 33.0. The topological polar surface area (TPSA) is 45.5 Å². The Morgan fingerprint density at radius 1 is 1.19 bits per heavy atom. The number of hydrogen-bond acceptors (Lipinski definition) is 4. The SMILES string of the molecule is CC.CC.COCC1COC2(CCC3=Cc4c(cnn4-c4ccc(F)cc4)C[C@@]32C)O1. The van der Waals surface area contributed by atoms with Gasteiger partial charge in [0.15, 0.2) is 5.79 Å². The van der Waals surface area contributed by atoms with E-state index in [0.29, 0.717) is 13.2 Å². The summed E-state index contributed by atoms with van der Waals surface area (Å²) in [4.78, 5) is 0. The third kappa shape index (κ3) is 3.97. The van der Waals surface area contributed by atoms with Crippen LogP contribution < -0.4 is 0 Å². The summed E-state index contributed by atoms with van der Waals surface area (Å²) in [6.07, 6.45) is 6.71. The summed E-state index contributed by atoms with van der Waals surface area (Å²) >= 11 is 0. The molecule has 0 radical (unpaired) electrons. The van der Waals surface area contributed by atoms with E-state index in [1.165, 1.54) is 17.7 Å². The summed E-state index contributed by atoms with van der Waals surface area (Å²) in [5, 5.41) is 4.56. The molecular formula is C25H35FN2O3. The molecular weight excluding hydrogens is 395 g/mol. The molecule has 2 unspecified atom stereocenters. The second kappa shape index (κ2) is 9.63. The zero-order valence-electron chi connectivity index (χ0n) is 19.6. The lowest BCUT2D eigenvalue weighted by Crippen LogP contribution is -2.46. The van der Waals surface area contributed by atoms with E-state index in [1.807, 2.05) is 38.6 Å². The molecule has 170 valence electrons. The molecule has 1 aliphatic heterocycles. The van der Waals surface area contributed by atoms with Gasteiger partial charge in [0.2, 0.25) is 0 Å². The fraction of sp³-hybridized carbons (Fsp3) is 0.560. The highest BCUT2D eigenvalue weighted by atomic mass is 19.1. The molecule has 0 bridgehead atoms. The Morgan fingerprint density at radius 3 is 2.58 bits per heavy atom. The molecule has 0 amide bonds. The minimum atomic E-state index is -0.586. The molecule has 1 saturated carbocycles. The third-order valence-corrected chi connectivity index (χ3v) is 6.30. The predicted octanol–water partition coefficient (Wildman–Crippen LogP) is 5.56. The molecule has 5 rings (SSSR count). The van der Waals surface area contributed by atoms with Crippen molar-refractivity contribution in [3.63, 3.8) is 0 Å². The normalized spacial score (nSPS) is 28.1. The van der Waals surface area contributed by atoms with E-state index in [0.717, 1.165) is 36.2 Å². The Hall–Kier alpha value is -2.02. The van der Waals surface area contributed by atoms with Crippen LogP contribution in [0.5, 0.6) is 0 Å². The molecule has 6 heteroatoms. The maximum atomic E-state index is 13.3. The van der Waals surface area contributed by atoms with Crippen LogP contribution in [-0.4, -0.2) is 42.0 Å². The number of fused-ring (bicyclic) bond motifs is 3. The summed E-state index contributed by atoms with van der Waals surface area (Å²) in [5.74, 6) is -0.831. The van der Waals surface area contributed by atoms with Gasteiger partial charge in [0.05, 0.1) is 30.8 Å². The monoisotopic (exact) mass is 430 g/mol. The number of benzene rings is 1. The Bertz CT molecular complexity index is 908. The van der Waals surface area contributed by atoms with E-state index in [-0.39, 0.29) is 17.3 Å². The molecule has 2 heterocycles. The van der Waals surface area contributed by atoms with Gasteiger partial charge in [-0.15, -0.1) is 0 Å². The van der Waals surface area contributed by atoms with Gasteiger partial charge in [0.1, 0.15) is 11.9 Å². The van der Waals surface area contributed by atoms with Crippen molar-refractivity contribution < 1.29 is 18.6 Å². The number of rotatable bonds is 3. The Morgan fingerprint density at radius 2 is 1.90 bits per heavy atom. The maximum absolute atomic E-state index is 13.3. The first-order valence-corrected chi connectivity index (χ1v) is 11.4. The van der Waals surface area contributed by atoms with Gasteiger partial charge < -0.3 is 14.2 Å². The van der Waals surface area contributed by atoms with Crippen LogP contribution in [0.25, 0.3) is 11.8 Å². The van der Waals surface area contributed by atoms with Crippen molar-refractivity contribution in [3.8, 4) is 5.69 Å². The second-order valence-electron chi connectivity index (χ2n) is 7.88. The van der Waals surface area contributed by atoms with Crippen molar-refractivity contribution in [3.05, 3.63) is 53.1 Å².